The second kappa shape index (κ2) is 5.93. The number of hydrogen-bond donors (Lipinski definition) is 2. The molecule has 1 atom stereocenters. The number of para-hydroxylation sites is 1. The van der Waals surface area contributed by atoms with Crippen molar-refractivity contribution in [2.75, 3.05) is 0 Å². The second-order valence-corrected chi connectivity index (χ2v) is 4.83. The van der Waals surface area contributed by atoms with Gasteiger partial charge < -0.3 is 10.1 Å². The van der Waals surface area contributed by atoms with Gasteiger partial charge in [-0.1, -0.05) is 23.7 Å². The lowest BCUT2D eigenvalue weighted by Crippen LogP contribution is -2.45. The fourth-order valence-electron chi connectivity index (χ4n) is 1.45. The number of carbonyl (C=O) groups is 2. The summed E-state index contributed by atoms with van der Waals surface area (Å²) in [6.45, 7) is 1.56. The normalized spacial score (nSPS) is 15.5. The van der Waals surface area contributed by atoms with Crippen molar-refractivity contribution in [2.45, 2.75) is 31.9 Å². The van der Waals surface area contributed by atoms with Crippen LogP contribution in [-0.2, 0) is 4.79 Å². The third-order valence-corrected chi connectivity index (χ3v) is 2.97. The van der Waals surface area contributed by atoms with Gasteiger partial charge in [-0.25, -0.2) is 4.79 Å². The Morgan fingerprint density at radius 2 is 2.05 bits per heavy atom. The molecule has 1 aliphatic rings. The molecule has 0 heterocycles. The van der Waals surface area contributed by atoms with Crippen molar-refractivity contribution in [1.82, 2.24) is 10.6 Å². The highest BCUT2D eigenvalue weighted by Gasteiger charge is 2.25. The molecule has 0 spiro atoms. The molecule has 1 fully saturated rings. The topological polar surface area (TPSA) is 67.4 Å². The van der Waals surface area contributed by atoms with Gasteiger partial charge in [-0.05, 0) is 31.9 Å². The third-order valence-electron chi connectivity index (χ3n) is 2.66. The van der Waals surface area contributed by atoms with Gasteiger partial charge in [-0.3, -0.25) is 10.1 Å². The Labute approximate surface area is 116 Å². The summed E-state index contributed by atoms with van der Waals surface area (Å²) in [6.07, 6.45) is 1.13. The molecule has 1 aromatic carbocycles. The highest BCUT2D eigenvalue weighted by molar-refractivity contribution is 6.32. The molecule has 0 saturated heterocycles. The number of hydrogen-bond acceptors (Lipinski definition) is 3. The minimum atomic E-state index is -0.801. The Morgan fingerprint density at radius 1 is 1.37 bits per heavy atom. The van der Waals surface area contributed by atoms with E-state index >= 15 is 0 Å². The highest BCUT2D eigenvalue weighted by Crippen LogP contribution is 2.24. The fourth-order valence-corrected chi connectivity index (χ4v) is 1.63. The molecule has 0 radical (unpaired) electrons. The molecule has 2 rings (SSSR count). The third kappa shape index (κ3) is 4.13. The Bertz CT molecular complexity index is 489. The van der Waals surface area contributed by atoms with Gasteiger partial charge in [0.1, 0.15) is 5.75 Å². The van der Waals surface area contributed by atoms with E-state index in [0.29, 0.717) is 10.8 Å². The molecule has 1 aromatic rings. The quantitative estimate of drug-likeness (QED) is 0.889. The number of halogens is 1. The van der Waals surface area contributed by atoms with E-state index < -0.39 is 18.0 Å². The van der Waals surface area contributed by atoms with E-state index in [0.717, 1.165) is 12.8 Å². The summed E-state index contributed by atoms with van der Waals surface area (Å²) in [6, 6.07) is 6.57. The average molecular weight is 283 g/mol. The summed E-state index contributed by atoms with van der Waals surface area (Å²) in [7, 11) is 0. The average Bonchev–Trinajstić information content (AvgIpc) is 3.15. The van der Waals surface area contributed by atoms with Crippen LogP contribution in [0.2, 0.25) is 5.02 Å². The summed E-state index contributed by atoms with van der Waals surface area (Å²) in [5.74, 6) is -0.0903. The number of rotatable bonds is 4. The molecular formula is C13H15ClN2O3. The first kappa shape index (κ1) is 13.7. The monoisotopic (exact) mass is 282 g/mol. The summed E-state index contributed by atoms with van der Waals surface area (Å²) in [5, 5.41) is 5.32. The smallest absolute Gasteiger partial charge is 0.321 e. The highest BCUT2D eigenvalue weighted by atomic mass is 35.5. The Balaban J connectivity index is 1.84. The first-order valence-electron chi connectivity index (χ1n) is 6.09. The molecule has 0 aromatic heterocycles. The second-order valence-electron chi connectivity index (χ2n) is 4.43. The maximum atomic E-state index is 11.7. The van der Waals surface area contributed by atoms with E-state index in [1.807, 2.05) is 0 Å². The number of ether oxygens (including phenoxy) is 1. The van der Waals surface area contributed by atoms with Crippen LogP contribution in [0.3, 0.4) is 0 Å². The molecule has 1 aliphatic carbocycles. The Hall–Kier alpha value is -1.75. The summed E-state index contributed by atoms with van der Waals surface area (Å²) < 4.78 is 5.40. The van der Waals surface area contributed by atoms with Crippen molar-refractivity contribution in [3.63, 3.8) is 0 Å². The van der Waals surface area contributed by atoms with Gasteiger partial charge in [0.15, 0.2) is 6.10 Å². The van der Waals surface area contributed by atoms with Gasteiger partial charge in [0.05, 0.1) is 5.02 Å². The standard InChI is InChI=1S/C13H15ClN2O3/c1-8(19-11-5-3-2-4-10(11)14)12(17)16-13(18)15-9-6-7-9/h2-5,8-9H,6-7H2,1H3,(H2,15,16,17,18)/t8-/m1/s1. The van der Waals surface area contributed by atoms with Crippen molar-refractivity contribution in [2.24, 2.45) is 0 Å². The zero-order valence-electron chi connectivity index (χ0n) is 10.5. The van der Waals surface area contributed by atoms with Gasteiger partial charge in [-0.15, -0.1) is 0 Å². The number of amides is 3. The molecule has 3 amide bonds. The molecule has 19 heavy (non-hydrogen) atoms. The molecular weight excluding hydrogens is 268 g/mol. The van der Waals surface area contributed by atoms with Crippen molar-refractivity contribution in [1.29, 1.82) is 0 Å². The lowest BCUT2D eigenvalue weighted by Gasteiger charge is -2.15. The number of nitrogens with one attached hydrogen (secondary N) is 2. The molecule has 1 saturated carbocycles. The van der Waals surface area contributed by atoms with Gasteiger partial charge in [0, 0.05) is 6.04 Å². The number of benzene rings is 1. The van der Waals surface area contributed by atoms with E-state index in [1.165, 1.54) is 0 Å². The van der Waals surface area contributed by atoms with Crippen molar-refractivity contribution in [3.05, 3.63) is 29.3 Å². The molecule has 0 aliphatic heterocycles. The number of urea groups is 1. The zero-order valence-corrected chi connectivity index (χ0v) is 11.2. The van der Waals surface area contributed by atoms with Gasteiger partial charge in [-0.2, -0.15) is 0 Å². The van der Waals surface area contributed by atoms with Crippen LogP contribution in [0.25, 0.3) is 0 Å². The van der Waals surface area contributed by atoms with Crippen LogP contribution in [0.4, 0.5) is 4.79 Å². The van der Waals surface area contributed by atoms with Crippen LogP contribution >= 0.6 is 11.6 Å². The molecule has 0 bridgehead atoms. The SMILES string of the molecule is C[C@@H](Oc1ccccc1Cl)C(=O)NC(=O)NC1CC1. The maximum absolute atomic E-state index is 11.7. The van der Waals surface area contributed by atoms with Crippen LogP contribution in [0, 0.1) is 0 Å². The predicted octanol–water partition coefficient (Wildman–Crippen LogP) is 2.10. The van der Waals surface area contributed by atoms with Gasteiger partial charge in [0.2, 0.25) is 0 Å². The van der Waals surface area contributed by atoms with Crippen molar-refractivity contribution >= 4 is 23.5 Å². The van der Waals surface area contributed by atoms with Gasteiger partial charge in [0.25, 0.3) is 5.91 Å². The largest absolute Gasteiger partial charge is 0.479 e. The Kier molecular flexibility index (Phi) is 4.27. The molecule has 5 nitrogen and oxygen atoms in total. The molecule has 2 N–H and O–H groups in total. The minimum Gasteiger partial charge on any atom is -0.479 e. The summed E-state index contributed by atoms with van der Waals surface area (Å²) in [5.41, 5.74) is 0. The number of imide groups is 1. The minimum absolute atomic E-state index is 0.201. The van der Waals surface area contributed by atoms with Crippen molar-refractivity contribution < 1.29 is 14.3 Å². The van der Waals surface area contributed by atoms with Crippen LogP contribution in [0.5, 0.6) is 5.75 Å². The van der Waals surface area contributed by atoms with Crippen molar-refractivity contribution in [3.8, 4) is 5.75 Å². The predicted molar refractivity (Wildman–Crippen MR) is 71.2 cm³/mol. The van der Waals surface area contributed by atoms with Gasteiger partial charge >= 0.3 is 6.03 Å². The van der Waals surface area contributed by atoms with Crippen LogP contribution in [-0.4, -0.2) is 24.1 Å². The van der Waals surface area contributed by atoms with E-state index in [-0.39, 0.29) is 6.04 Å². The summed E-state index contributed by atoms with van der Waals surface area (Å²) in [4.78, 5) is 23.1. The van der Waals surface area contributed by atoms with E-state index in [9.17, 15) is 9.59 Å². The van der Waals surface area contributed by atoms with E-state index in [1.54, 1.807) is 31.2 Å². The first-order valence-corrected chi connectivity index (χ1v) is 6.46. The first-order chi connectivity index (χ1) is 9.06. The Morgan fingerprint density at radius 3 is 2.68 bits per heavy atom. The van der Waals surface area contributed by atoms with Crippen LogP contribution in [0.15, 0.2) is 24.3 Å². The summed E-state index contributed by atoms with van der Waals surface area (Å²) >= 11 is 5.92. The number of carbonyl (C=O) groups excluding carboxylic acids is 2. The molecule has 102 valence electrons. The molecule has 0 unspecified atom stereocenters. The zero-order chi connectivity index (χ0) is 13.8. The lowest BCUT2D eigenvalue weighted by atomic mass is 10.3. The fraction of sp³-hybridized carbons (Fsp3) is 0.385. The maximum Gasteiger partial charge on any atom is 0.321 e. The molecule has 6 heteroatoms. The van der Waals surface area contributed by atoms with Crippen LogP contribution in [0.1, 0.15) is 19.8 Å². The van der Waals surface area contributed by atoms with E-state index in [2.05, 4.69) is 10.6 Å². The van der Waals surface area contributed by atoms with E-state index in [4.69, 9.17) is 16.3 Å². The van der Waals surface area contributed by atoms with Crippen LogP contribution < -0.4 is 15.4 Å². The lowest BCUT2D eigenvalue weighted by molar-refractivity contribution is -0.126.